The molecule has 1 aliphatic heterocycles. The van der Waals surface area contributed by atoms with E-state index in [1.165, 1.54) is 6.26 Å². The van der Waals surface area contributed by atoms with Crippen LogP contribution in [0.5, 0.6) is 0 Å². The fourth-order valence-electron chi connectivity index (χ4n) is 2.12. The molecule has 0 amide bonds. The van der Waals surface area contributed by atoms with Crippen LogP contribution < -0.4 is 5.32 Å². The molecular weight excluding hydrogens is 256 g/mol. The minimum Gasteiger partial charge on any atom is -0.384 e. The van der Waals surface area contributed by atoms with E-state index in [0.717, 1.165) is 25.1 Å². The van der Waals surface area contributed by atoms with Crippen LogP contribution in [0.3, 0.4) is 0 Å². The van der Waals surface area contributed by atoms with Gasteiger partial charge in [0.05, 0.1) is 6.26 Å². The van der Waals surface area contributed by atoms with Gasteiger partial charge in [0.15, 0.2) is 0 Å². The average molecular weight is 274 g/mol. The Bertz CT molecular complexity index is 442. The Kier molecular flexibility index (Phi) is 4.06. The normalized spacial score (nSPS) is 22.5. The fraction of sp³-hybridized carbons (Fsp3) is 0.636. The maximum Gasteiger partial charge on any atom is 0.211 e. The van der Waals surface area contributed by atoms with E-state index in [-0.39, 0.29) is 0 Å². The van der Waals surface area contributed by atoms with Crippen LogP contribution in [-0.4, -0.2) is 38.6 Å². The van der Waals surface area contributed by atoms with Gasteiger partial charge in [0.25, 0.3) is 0 Å². The number of hydrogen-bond donors (Lipinski definition) is 1. The number of anilines is 1. The van der Waals surface area contributed by atoms with Gasteiger partial charge in [-0.2, -0.15) is 11.3 Å². The Morgan fingerprint density at radius 2 is 2.41 bits per heavy atom. The predicted molar refractivity (Wildman–Crippen MR) is 71.9 cm³/mol. The number of rotatable bonds is 4. The smallest absolute Gasteiger partial charge is 0.211 e. The maximum absolute atomic E-state index is 11.5. The molecule has 0 radical (unpaired) electrons. The summed E-state index contributed by atoms with van der Waals surface area (Å²) in [6.07, 6.45) is 3.36. The summed E-state index contributed by atoms with van der Waals surface area (Å²) in [6.45, 7) is 2.17. The molecular formula is C11H18N2O2S2. The lowest BCUT2D eigenvalue weighted by Gasteiger charge is -2.31. The van der Waals surface area contributed by atoms with Gasteiger partial charge < -0.3 is 5.32 Å². The van der Waals surface area contributed by atoms with Crippen LogP contribution in [0.25, 0.3) is 0 Å². The minimum atomic E-state index is -3.02. The first-order valence-corrected chi connectivity index (χ1v) is 8.56. The maximum atomic E-state index is 11.5. The number of piperidine rings is 1. The van der Waals surface area contributed by atoms with Crippen molar-refractivity contribution < 1.29 is 8.42 Å². The summed E-state index contributed by atoms with van der Waals surface area (Å²) in [5.74, 6) is 0.415. The highest BCUT2D eigenvalue weighted by molar-refractivity contribution is 7.88. The van der Waals surface area contributed by atoms with E-state index in [2.05, 4.69) is 10.7 Å². The lowest BCUT2D eigenvalue weighted by atomic mass is 10.00. The van der Waals surface area contributed by atoms with Gasteiger partial charge in [-0.3, -0.25) is 0 Å². The van der Waals surface area contributed by atoms with Gasteiger partial charge in [-0.05, 0) is 30.2 Å². The Labute approximate surface area is 107 Å². The Morgan fingerprint density at radius 1 is 1.59 bits per heavy atom. The van der Waals surface area contributed by atoms with Crippen molar-refractivity contribution in [3.8, 4) is 0 Å². The minimum absolute atomic E-state index is 0.415. The average Bonchev–Trinajstić information content (AvgIpc) is 2.78. The van der Waals surface area contributed by atoms with Crippen molar-refractivity contribution in [3.63, 3.8) is 0 Å². The molecule has 1 unspecified atom stereocenters. The van der Waals surface area contributed by atoms with E-state index in [1.807, 2.05) is 11.4 Å². The molecule has 0 bridgehead atoms. The molecule has 6 heteroatoms. The molecule has 0 spiro atoms. The Hall–Kier alpha value is -0.590. The number of nitrogens with one attached hydrogen (secondary N) is 1. The van der Waals surface area contributed by atoms with Crippen LogP contribution in [0.15, 0.2) is 16.8 Å². The predicted octanol–water partition coefficient (Wildman–Crippen LogP) is 1.83. The molecule has 17 heavy (non-hydrogen) atoms. The van der Waals surface area contributed by atoms with Gasteiger partial charge in [-0.15, -0.1) is 0 Å². The van der Waals surface area contributed by atoms with E-state index in [0.29, 0.717) is 19.0 Å². The zero-order valence-corrected chi connectivity index (χ0v) is 11.6. The highest BCUT2D eigenvalue weighted by Gasteiger charge is 2.25. The van der Waals surface area contributed by atoms with Gasteiger partial charge in [-0.1, -0.05) is 0 Å². The Morgan fingerprint density at radius 3 is 3.06 bits per heavy atom. The first-order chi connectivity index (χ1) is 8.05. The van der Waals surface area contributed by atoms with Crippen molar-refractivity contribution in [2.45, 2.75) is 12.8 Å². The number of nitrogens with zero attached hydrogens (tertiary/aromatic N) is 1. The van der Waals surface area contributed by atoms with Gasteiger partial charge >= 0.3 is 0 Å². The quantitative estimate of drug-likeness (QED) is 0.911. The monoisotopic (exact) mass is 274 g/mol. The molecule has 1 aromatic rings. The van der Waals surface area contributed by atoms with Crippen molar-refractivity contribution in [3.05, 3.63) is 16.8 Å². The lowest BCUT2D eigenvalue weighted by molar-refractivity contribution is 0.277. The molecule has 0 aliphatic carbocycles. The molecule has 96 valence electrons. The van der Waals surface area contributed by atoms with Crippen molar-refractivity contribution in [2.24, 2.45) is 5.92 Å². The first-order valence-electron chi connectivity index (χ1n) is 5.77. The summed E-state index contributed by atoms with van der Waals surface area (Å²) in [7, 11) is -3.02. The molecule has 4 nitrogen and oxygen atoms in total. The molecule has 1 fully saturated rings. The number of sulfonamides is 1. The van der Waals surface area contributed by atoms with Crippen molar-refractivity contribution in [2.75, 3.05) is 31.2 Å². The van der Waals surface area contributed by atoms with Crippen molar-refractivity contribution >= 4 is 27.0 Å². The largest absolute Gasteiger partial charge is 0.384 e. The van der Waals surface area contributed by atoms with Crippen LogP contribution in [0.2, 0.25) is 0 Å². The summed E-state index contributed by atoms with van der Waals surface area (Å²) >= 11 is 1.66. The molecule has 0 aromatic carbocycles. The lowest BCUT2D eigenvalue weighted by Crippen LogP contribution is -2.41. The van der Waals surface area contributed by atoms with E-state index in [9.17, 15) is 8.42 Å². The molecule has 1 aromatic heterocycles. The SMILES string of the molecule is CS(=O)(=O)N1CCCC(CNc2ccsc2)C1. The number of thiophene rings is 1. The highest BCUT2D eigenvalue weighted by Crippen LogP contribution is 2.20. The zero-order chi connectivity index (χ0) is 12.3. The zero-order valence-electron chi connectivity index (χ0n) is 9.93. The molecule has 1 N–H and O–H groups in total. The molecule has 2 heterocycles. The molecule has 2 rings (SSSR count). The third-order valence-electron chi connectivity index (χ3n) is 3.07. The van der Waals surface area contributed by atoms with Gasteiger partial charge in [0.2, 0.25) is 10.0 Å². The summed E-state index contributed by atoms with van der Waals surface area (Å²) < 4.78 is 24.5. The summed E-state index contributed by atoms with van der Waals surface area (Å²) in [5, 5.41) is 7.46. The van der Waals surface area contributed by atoms with Crippen LogP contribution in [0.1, 0.15) is 12.8 Å². The van der Waals surface area contributed by atoms with Crippen molar-refractivity contribution in [1.29, 1.82) is 0 Å². The fourth-order valence-corrected chi connectivity index (χ4v) is 3.68. The van der Waals surface area contributed by atoms with Gasteiger partial charge in [0.1, 0.15) is 0 Å². The van der Waals surface area contributed by atoms with Gasteiger partial charge in [0, 0.05) is 30.7 Å². The van der Waals surface area contributed by atoms with Crippen LogP contribution in [0.4, 0.5) is 5.69 Å². The topological polar surface area (TPSA) is 49.4 Å². The van der Waals surface area contributed by atoms with E-state index >= 15 is 0 Å². The van der Waals surface area contributed by atoms with Crippen LogP contribution >= 0.6 is 11.3 Å². The van der Waals surface area contributed by atoms with Crippen LogP contribution in [-0.2, 0) is 10.0 Å². The van der Waals surface area contributed by atoms with E-state index in [4.69, 9.17) is 0 Å². The van der Waals surface area contributed by atoms with E-state index in [1.54, 1.807) is 15.6 Å². The first kappa shape index (κ1) is 12.9. The number of hydrogen-bond acceptors (Lipinski definition) is 4. The second kappa shape index (κ2) is 5.37. The standard InChI is InChI=1S/C11H18N2O2S2/c1-17(14,15)13-5-2-3-10(8-13)7-12-11-4-6-16-9-11/h4,6,9-10,12H,2-3,5,7-8H2,1H3. The third-order valence-corrected chi connectivity index (χ3v) is 5.02. The summed E-state index contributed by atoms with van der Waals surface area (Å²) in [5.41, 5.74) is 1.13. The molecule has 1 aliphatic rings. The van der Waals surface area contributed by atoms with Gasteiger partial charge in [-0.25, -0.2) is 12.7 Å². The molecule has 0 saturated carbocycles. The van der Waals surface area contributed by atoms with Crippen molar-refractivity contribution in [1.82, 2.24) is 4.31 Å². The molecule has 1 saturated heterocycles. The second-order valence-electron chi connectivity index (χ2n) is 4.52. The second-order valence-corrected chi connectivity index (χ2v) is 7.28. The third kappa shape index (κ3) is 3.69. The van der Waals surface area contributed by atoms with E-state index < -0.39 is 10.0 Å². The molecule has 1 atom stereocenters. The Balaban J connectivity index is 1.85. The highest BCUT2D eigenvalue weighted by atomic mass is 32.2. The summed E-state index contributed by atoms with van der Waals surface area (Å²) in [4.78, 5) is 0. The summed E-state index contributed by atoms with van der Waals surface area (Å²) in [6, 6.07) is 2.04. The van der Waals surface area contributed by atoms with Crippen LogP contribution in [0, 0.1) is 5.92 Å².